The number of rotatable bonds is 25. The van der Waals surface area contributed by atoms with Gasteiger partial charge in [-0.1, -0.05) is 225 Å². The molecule has 0 amide bonds. The summed E-state index contributed by atoms with van der Waals surface area (Å²) in [5.74, 6) is 3.60. The van der Waals surface area contributed by atoms with Crippen molar-refractivity contribution in [1.82, 2.24) is 4.31 Å². The van der Waals surface area contributed by atoms with Gasteiger partial charge in [0.1, 0.15) is 12.4 Å². The largest absolute Gasteiger partial charge is 0.497 e. The number of carbonyl (C=O) groups excluding carboxylic acids is 4. The number of nitrogens with zero attached hydrogens (tertiary/aromatic N) is 1. The number of ether oxygens (including phenoxy) is 3. The van der Waals surface area contributed by atoms with E-state index in [9.17, 15) is 44.4 Å². The fourth-order valence-corrected chi connectivity index (χ4v) is 16.4. The summed E-state index contributed by atoms with van der Waals surface area (Å²) in [6, 6.07) is 42.6. The van der Waals surface area contributed by atoms with Crippen LogP contribution >= 0.6 is 0 Å². The van der Waals surface area contributed by atoms with Gasteiger partial charge in [-0.3, -0.25) is 19.2 Å². The Balaban J connectivity index is 0.000000590. The molecule has 0 radical (unpaired) electrons. The SMILES string of the molecule is CC(C)CC(=O)C1CCCN1S(=O)(=O)c1ccccc1.CC(C)CC(=O)OCc1ccccc1.CC(C)c1ccccc1.CCCCOC(=O)CC(C)C.COc1ccc(S(=O)(=O)CC(C)C)cc1.Cc1cc(C)c(C(=O)CC(C)C)c(C)c1.Cc1cc(C)c(S(=O)(=O)CC(C)C)c(C)c1. The fourth-order valence-electron chi connectivity index (χ4n) is 10.9. The standard InChI is InChI=1S/C15H21NO3S.C14H20O.C13H20O2S.C12H16O2.C11H16O3S.C9H18O2.C9H12/c1-12(2)11-15(17)14-9-6-10-16(14)20(18,19)13-7-4-3-5-8-13;1-9(2)6-13(15)14-11(4)7-10(3)8-12(14)5;1-9(2)8-16(14,15)13-11(4)6-10(3)7-12(13)5;1-10(2)8-12(13)14-9-11-6-4-3-5-7-11;1-9(2)8-15(12,13)11-6-4-10(14-3)5-7-11;1-4-5-6-11-9(10)7-8(2)3;1-8(2)9-6-4-3-5-7-9/h3-5,7-8,12,14H,6,9-11H2,1-2H3;7-9H,6H2,1-5H3;6-7,9H,8H2,1-5H3;3-7,10H,8-9H2,1-2H3;4-7,9H,8H2,1-3H3;8H,4-7H2,1-3H3;3-8H,1-2H3. The average molecular weight is 1440 g/mol. The van der Waals surface area contributed by atoms with Crippen molar-refractivity contribution in [3.8, 4) is 5.75 Å². The number of benzene rings is 6. The van der Waals surface area contributed by atoms with Crippen molar-refractivity contribution in [2.45, 2.75) is 230 Å². The lowest BCUT2D eigenvalue weighted by molar-refractivity contribution is -0.146. The molecule has 0 N–H and O–H groups in total. The number of sulfone groups is 2. The van der Waals surface area contributed by atoms with Gasteiger partial charge in [0, 0.05) is 37.8 Å². The summed E-state index contributed by atoms with van der Waals surface area (Å²) < 4.78 is 89.6. The molecule has 0 saturated carbocycles. The number of unbranched alkanes of at least 4 members (excludes halogenated alkanes) is 1. The Morgan fingerprint density at radius 3 is 1.34 bits per heavy atom. The van der Waals surface area contributed by atoms with E-state index in [0.29, 0.717) is 91.1 Å². The summed E-state index contributed by atoms with van der Waals surface area (Å²) in [6.45, 7) is 43.5. The molecule has 1 fully saturated rings. The molecule has 0 aliphatic carbocycles. The highest BCUT2D eigenvalue weighted by Gasteiger charge is 2.39. The topological polar surface area (TPSA) is 202 Å². The van der Waals surface area contributed by atoms with E-state index in [1.54, 1.807) is 61.7 Å². The molecule has 1 aliphatic rings. The van der Waals surface area contributed by atoms with Gasteiger partial charge < -0.3 is 14.2 Å². The normalized spacial score (nSPS) is 12.9. The predicted octanol–water partition coefficient (Wildman–Crippen LogP) is 19.4. The van der Waals surface area contributed by atoms with Crippen molar-refractivity contribution in [2.24, 2.45) is 35.5 Å². The van der Waals surface area contributed by atoms with E-state index in [0.717, 1.165) is 58.2 Å². The first kappa shape index (κ1) is 91.2. The third-order valence-electron chi connectivity index (χ3n) is 15.1. The maximum absolute atomic E-state index is 12.6. The van der Waals surface area contributed by atoms with Crippen molar-refractivity contribution >= 4 is 53.2 Å². The quantitative estimate of drug-likeness (QED) is 0.0298. The van der Waals surface area contributed by atoms with Gasteiger partial charge >= 0.3 is 11.9 Å². The second kappa shape index (κ2) is 46.7. The van der Waals surface area contributed by atoms with Crippen LogP contribution in [0.4, 0.5) is 0 Å². The van der Waals surface area contributed by atoms with Gasteiger partial charge in [-0.2, -0.15) is 4.31 Å². The minimum Gasteiger partial charge on any atom is -0.497 e. The number of methoxy groups -OCH3 is 1. The molecular weight excluding hydrogens is 1320 g/mol. The fraction of sp³-hybridized carbons (Fsp3) is 0.518. The summed E-state index contributed by atoms with van der Waals surface area (Å²) in [5, 5.41) is 0. The average Bonchev–Trinajstić information content (AvgIpc) is 1.38. The van der Waals surface area contributed by atoms with Crippen LogP contribution in [-0.4, -0.2) is 90.9 Å². The van der Waals surface area contributed by atoms with Gasteiger partial charge in [0.2, 0.25) is 10.0 Å². The molecule has 6 aromatic rings. The number of esters is 2. The number of ketones is 2. The lowest BCUT2D eigenvalue weighted by atomic mass is 9.92. The molecule has 6 aromatic carbocycles. The molecule has 17 heteroatoms. The molecule has 1 saturated heterocycles. The molecule has 0 bridgehead atoms. The third-order valence-corrected chi connectivity index (χ3v) is 21.5. The molecule has 1 heterocycles. The third kappa shape index (κ3) is 36.2. The molecule has 556 valence electrons. The smallest absolute Gasteiger partial charge is 0.306 e. The second-order valence-electron chi connectivity index (χ2n) is 28.7. The molecule has 0 spiro atoms. The van der Waals surface area contributed by atoms with E-state index >= 15 is 0 Å². The Morgan fingerprint density at radius 1 is 0.490 bits per heavy atom. The Hall–Kier alpha value is -6.79. The lowest BCUT2D eigenvalue weighted by Crippen LogP contribution is -2.40. The van der Waals surface area contributed by atoms with E-state index in [2.05, 4.69) is 77.9 Å². The van der Waals surface area contributed by atoms with Crippen LogP contribution in [0.15, 0.2) is 154 Å². The Morgan fingerprint density at radius 2 is 0.920 bits per heavy atom. The summed E-state index contributed by atoms with van der Waals surface area (Å²) in [7, 11) is -8.28. The number of Topliss-reactive ketones (excluding diaryl/α,β-unsaturated/α-hetero) is 2. The van der Waals surface area contributed by atoms with Gasteiger partial charge in [0.15, 0.2) is 31.2 Å². The van der Waals surface area contributed by atoms with E-state index in [-0.39, 0.29) is 57.7 Å². The number of carbonyl (C=O) groups is 4. The zero-order chi connectivity index (χ0) is 76.1. The van der Waals surface area contributed by atoms with E-state index in [1.165, 1.54) is 15.4 Å². The van der Waals surface area contributed by atoms with Gasteiger partial charge in [-0.15, -0.1) is 0 Å². The van der Waals surface area contributed by atoms with Gasteiger partial charge in [-0.25, -0.2) is 25.3 Å². The molecule has 14 nitrogen and oxygen atoms in total. The zero-order valence-electron chi connectivity index (χ0n) is 64.6. The molecule has 1 unspecified atom stereocenters. The van der Waals surface area contributed by atoms with Gasteiger partial charge in [-0.05, 0) is 172 Å². The highest BCUT2D eigenvalue weighted by molar-refractivity contribution is 7.91. The monoisotopic (exact) mass is 1440 g/mol. The summed E-state index contributed by atoms with van der Waals surface area (Å²) in [5.41, 5.74) is 9.65. The minimum absolute atomic E-state index is 0.0389. The highest BCUT2D eigenvalue weighted by atomic mass is 32.2. The van der Waals surface area contributed by atoms with Crippen molar-refractivity contribution in [1.29, 1.82) is 0 Å². The highest BCUT2D eigenvalue weighted by Crippen LogP contribution is 2.29. The van der Waals surface area contributed by atoms with Gasteiger partial charge in [0.25, 0.3) is 0 Å². The molecule has 1 aliphatic heterocycles. The molecule has 1 atom stereocenters. The van der Waals surface area contributed by atoms with Crippen LogP contribution < -0.4 is 4.74 Å². The van der Waals surface area contributed by atoms with Crippen molar-refractivity contribution in [2.75, 3.05) is 31.8 Å². The zero-order valence-corrected chi connectivity index (χ0v) is 67.0. The van der Waals surface area contributed by atoms with Crippen LogP contribution in [0.1, 0.15) is 216 Å². The number of hydrogen-bond acceptors (Lipinski definition) is 13. The summed E-state index contributed by atoms with van der Waals surface area (Å²) in [6.07, 6.45) is 5.56. The van der Waals surface area contributed by atoms with Crippen LogP contribution in [0.5, 0.6) is 5.75 Å². The predicted molar refractivity (Wildman–Crippen MR) is 411 cm³/mol. The first-order valence-corrected chi connectivity index (χ1v) is 40.2. The van der Waals surface area contributed by atoms with Crippen molar-refractivity contribution < 1.29 is 58.6 Å². The molecule has 7 rings (SSSR count). The van der Waals surface area contributed by atoms with Crippen molar-refractivity contribution in [3.05, 3.63) is 190 Å². The summed E-state index contributed by atoms with van der Waals surface area (Å²) in [4.78, 5) is 47.5. The van der Waals surface area contributed by atoms with E-state index in [4.69, 9.17) is 14.2 Å². The number of sulfonamides is 1. The maximum Gasteiger partial charge on any atom is 0.306 e. The Kier molecular flexibility index (Phi) is 42.6. The lowest BCUT2D eigenvalue weighted by Gasteiger charge is -2.23. The van der Waals surface area contributed by atoms with Crippen LogP contribution in [0.25, 0.3) is 0 Å². The minimum atomic E-state index is -3.56. The number of hydrogen-bond donors (Lipinski definition) is 0. The van der Waals surface area contributed by atoms with Gasteiger partial charge in [0.05, 0.1) is 46.0 Å². The molecule has 0 aromatic heterocycles. The number of aryl methyl sites for hydroxylation is 6. The molecular formula is C83H123NO13S3. The van der Waals surface area contributed by atoms with E-state index in [1.807, 2.05) is 152 Å². The van der Waals surface area contributed by atoms with E-state index < -0.39 is 35.7 Å². The van der Waals surface area contributed by atoms with Crippen molar-refractivity contribution in [3.63, 3.8) is 0 Å². The first-order valence-electron chi connectivity index (χ1n) is 35.5. The van der Waals surface area contributed by atoms with Crippen LogP contribution in [0.3, 0.4) is 0 Å². The van der Waals surface area contributed by atoms with Crippen LogP contribution in [-0.2, 0) is 60.2 Å². The summed E-state index contributed by atoms with van der Waals surface area (Å²) >= 11 is 0. The second-order valence-corrected chi connectivity index (χ2v) is 34.6. The van der Waals surface area contributed by atoms with Crippen LogP contribution in [0.2, 0.25) is 0 Å². The molecule has 100 heavy (non-hydrogen) atoms. The first-order chi connectivity index (χ1) is 46.7. The van der Waals surface area contributed by atoms with Crippen LogP contribution in [0, 0.1) is 77.0 Å². The maximum atomic E-state index is 12.6. The Labute approximate surface area is 605 Å². The Bertz CT molecular complexity index is 3670.